The molecule has 2 N–H and O–H groups in total. The first-order valence-corrected chi connectivity index (χ1v) is 15.0. The average molecular weight is 569 g/mol. The Kier molecular flexibility index (Phi) is 6.11. The predicted molar refractivity (Wildman–Crippen MR) is 159 cm³/mol. The fraction of sp³-hybridized carbons (Fsp3) is 0.500. The van der Waals surface area contributed by atoms with Crippen molar-refractivity contribution in [2.45, 2.75) is 36.9 Å². The molecular weight excluding hydrogens is 532 g/mol. The Morgan fingerprint density at radius 1 is 1.05 bits per heavy atom. The first-order chi connectivity index (χ1) is 20.4. The van der Waals surface area contributed by atoms with Gasteiger partial charge in [-0.25, -0.2) is 0 Å². The molecule has 2 aromatic carbocycles. The number of benzene rings is 2. The van der Waals surface area contributed by atoms with Crippen LogP contribution >= 0.6 is 0 Å². The molecule has 0 aliphatic carbocycles. The lowest BCUT2D eigenvalue weighted by molar-refractivity contribution is -0.155. The van der Waals surface area contributed by atoms with Gasteiger partial charge >= 0.3 is 0 Å². The Balaban J connectivity index is 0.930. The van der Waals surface area contributed by atoms with Crippen LogP contribution in [-0.2, 0) is 26.4 Å². The van der Waals surface area contributed by atoms with Crippen molar-refractivity contribution in [2.24, 2.45) is 0 Å². The summed E-state index contributed by atoms with van der Waals surface area (Å²) in [5.74, 6) is 0. The van der Waals surface area contributed by atoms with Gasteiger partial charge in [0, 0.05) is 68.6 Å². The number of morpholine rings is 2. The molecule has 5 aliphatic rings. The number of nitriles is 1. The summed E-state index contributed by atoms with van der Waals surface area (Å²) in [6.45, 7) is 11.4. The van der Waals surface area contributed by atoms with E-state index in [0.717, 1.165) is 76.6 Å². The van der Waals surface area contributed by atoms with Crippen LogP contribution in [0, 0.1) is 11.3 Å². The molecule has 10 nitrogen and oxygen atoms in total. The van der Waals surface area contributed by atoms with Crippen molar-refractivity contribution in [1.29, 1.82) is 5.26 Å². The third-order valence-corrected chi connectivity index (χ3v) is 9.62. The van der Waals surface area contributed by atoms with E-state index < -0.39 is 0 Å². The second-order valence-corrected chi connectivity index (χ2v) is 12.7. The molecular formula is C32H36N6O4. The SMILES string of the molecule is CC1CN(c2ccc(C#N)c3[nH]c(=O)ccc23)CC(CN2CC3(C2)OCc2cc(N4CC5(CNCCO5)C4)ccc23)O1. The minimum Gasteiger partial charge on any atom is -0.370 e. The molecule has 2 atom stereocenters. The topological polar surface area (TPSA) is 106 Å². The highest BCUT2D eigenvalue weighted by Crippen LogP contribution is 2.45. The van der Waals surface area contributed by atoms with Gasteiger partial charge in [0.2, 0.25) is 5.56 Å². The molecule has 4 fully saturated rings. The van der Waals surface area contributed by atoms with Crippen LogP contribution in [0.15, 0.2) is 47.3 Å². The summed E-state index contributed by atoms with van der Waals surface area (Å²) in [6, 6.07) is 16.2. The van der Waals surface area contributed by atoms with Gasteiger partial charge in [0.25, 0.3) is 0 Å². The van der Waals surface area contributed by atoms with E-state index in [0.29, 0.717) is 17.7 Å². The lowest BCUT2D eigenvalue weighted by Crippen LogP contribution is -2.70. The molecule has 1 aromatic heterocycles. The summed E-state index contributed by atoms with van der Waals surface area (Å²) < 4.78 is 18.9. The summed E-state index contributed by atoms with van der Waals surface area (Å²) >= 11 is 0. The van der Waals surface area contributed by atoms with Crippen LogP contribution < -0.4 is 20.7 Å². The second-order valence-electron chi connectivity index (χ2n) is 12.7. The quantitative estimate of drug-likeness (QED) is 0.488. The molecule has 5 aliphatic heterocycles. The van der Waals surface area contributed by atoms with Crippen LogP contribution in [0.2, 0.25) is 0 Å². The van der Waals surface area contributed by atoms with Gasteiger partial charge in [-0.3, -0.25) is 9.69 Å². The highest BCUT2D eigenvalue weighted by Gasteiger charge is 2.51. The number of hydrogen-bond acceptors (Lipinski definition) is 9. The van der Waals surface area contributed by atoms with Crippen LogP contribution in [0.4, 0.5) is 11.4 Å². The summed E-state index contributed by atoms with van der Waals surface area (Å²) in [5.41, 5.74) is 5.52. The third kappa shape index (κ3) is 4.31. The van der Waals surface area contributed by atoms with Gasteiger partial charge < -0.3 is 34.3 Å². The van der Waals surface area contributed by atoms with Crippen molar-refractivity contribution in [3.05, 3.63) is 69.5 Å². The molecule has 8 rings (SSSR count). The number of aromatic amines is 1. The molecule has 0 radical (unpaired) electrons. The second kappa shape index (κ2) is 9.79. The van der Waals surface area contributed by atoms with Gasteiger partial charge in [-0.15, -0.1) is 0 Å². The number of H-pyrrole nitrogens is 1. The Labute approximate surface area is 244 Å². The predicted octanol–water partition coefficient (Wildman–Crippen LogP) is 1.91. The summed E-state index contributed by atoms with van der Waals surface area (Å²) in [4.78, 5) is 22.0. The van der Waals surface area contributed by atoms with E-state index in [1.807, 2.05) is 12.1 Å². The Morgan fingerprint density at radius 3 is 2.74 bits per heavy atom. The highest BCUT2D eigenvalue weighted by atomic mass is 16.5. The van der Waals surface area contributed by atoms with Gasteiger partial charge in [0.15, 0.2) is 0 Å². The van der Waals surface area contributed by atoms with E-state index in [1.54, 1.807) is 6.07 Å². The molecule has 2 unspecified atom stereocenters. The first kappa shape index (κ1) is 26.2. The zero-order chi connectivity index (χ0) is 28.5. The average Bonchev–Trinajstić information content (AvgIpc) is 3.34. The van der Waals surface area contributed by atoms with Crippen molar-refractivity contribution in [1.82, 2.24) is 15.2 Å². The number of nitrogens with zero attached hydrogens (tertiary/aromatic N) is 4. The maximum absolute atomic E-state index is 12.0. The number of aromatic nitrogens is 1. The Morgan fingerprint density at radius 2 is 1.93 bits per heavy atom. The lowest BCUT2D eigenvalue weighted by atomic mass is 9.84. The molecule has 2 spiro atoms. The minimum atomic E-state index is -0.227. The summed E-state index contributed by atoms with van der Waals surface area (Å²) in [5, 5.41) is 13.9. The smallest absolute Gasteiger partial charge is 0.248 e. The fourth-order valence-corrected chi connectivity index (χ4v) is 7.68. The molecule has 0 bridgehead atoms. The normalized spacial score (nSPS) is 26.2. The van der Waals surface area contributed by atoms with E-state index in [9.17, 15) is 10.1 Å². The zero-order valence-corrected chi connectivity index (χ0v) is 23.9. The molecule has 0 saturated carbocycles. The first-order valence-electron chi connectivity index (χ1n) is 15.0. The number of rotatable bonds is 4. The van der Waals surface area contributed by atoms with Crippen LogP contribution in [0.25, 0.3) is 10.9 Å². The number of likely N-dealkylation sites (tertiary alicyclic amines) is 1. The standard InChI is InChI=1S/C32H36N6O4/c1-21-12-37(28-6-2-22(11-33)30-26(28)4-7-29(39)35-30)14-25(42-21)13-36-19-32(20-36)27-5-3-24(10-23(27)15-41-32)38-17-31(18-38)16-34-8-9-40-31/h2-7,10,21,25,34H,8-9,12-20H2,1H3,(H,35,39). The van der Waals surface area contributed by atoms with Gasteiger partial charge in [-0.1, -0.05) is 6.07 Å². The van der Waals surface area contributed by atoms with E-state index in [-0.39, 0.29) is 29.0 Å². The molecule has 4 saturated heterocycles. The van der Waals surface area contributed by atoms with Crippen LogP contribution in [0.3, 0.4) is 0 Å². The van der Waals surface area contributed by atoms with Crippen LogP contribution in [0.5, 0.6) is 0 Å². The number of anilines is 2. The Bertz CT molecular complexity index is 1630. The van der Waals surface area contributed by atoms with Crippen molar-refractivity contribution < 1.29 is 14.2 Å². The maximum Gasteiger partial charge on any atom is 0.248 e. The highest BCUT2D eigenvalue weighted by molar-refractivity contribution is 5.95. The van der Waals surface area contributed by atoms with Crippen molar-refractivity contribution in [2.75, 3.05) is 75.3 Å². The molecule has 0 amide bonds. The Hall–Kier alpha value is -3.46. The van der Waals surface area contributed by atoms with Gasteiger partial charge in [0.1, 0.15) is 17.3 Å². The van der Waals surface area contributed by atoms with Crippen molar-refractivity contribution in [3.63, 3.8) is 0 Å². The number of pyridine rings is 1. The van der Waals surface area contributed by atoms with Crippen molar-refractivity contribution >= 4 is 22.3 Å². The van der Waals surface area contributed by atoms with Crippen LogP contribution in [-0.4, -0.2) is 93.2 Å². The number of nitrogens with one attached hydrogen (secondary N) is 2. The molecule has 6 heterocycles. The maximum atomic E-state index is 12.0. The lowest BCUT2D eigenvalue weighted by Gasteiger charge is -2.53. The van der Waals surface area contributed by atoms with Gasteiger partial charge in [-0.2, -0.15) is 5.26 Å². The fourth-order valence-electron chi connectivity index (χ4n) is 7.68. The molecule has 218 valence electrons. The summed E-state index contributed by atoms with van der Waals surface area (Å²) in [6.07, 6.45) is 0.0998. The van der Waals surface area contributed by atoms with Gasteiger partial charge in [0.05, 0.1) is 49.6 Å². The molecule has 42 heavy (non-hydrogen) atoms. The summed E-state index contributed by atoms with van der Waals surface area (Å²) in [7, 11) is 0. The van der Waals surface area contributed by atoms with E-state index in [4.69, 9.17) is 14.2 Å². The monoisotopic (exact) mass is 568 g/mol. The number of hydrogen-bond donors (Lipinski definition) is 2. The number of ether oxygens (including phenoxy) is 3. The van der Waals surface area contributed by atoms with E-state index >= 15 is 0 Å². The van der Waals surface area contributed by atoms with Crippen LogP contribution in [0.1, 0.15) is 23.6 Å². The van der Waals surface area contributed by atoms with E-state index in [2.05, 4.69) is 56.2 Å². The zero-order valence-electron chi connectivity index (χ0n) is 23.9. The molecule has 3 aromatic rings. The van der Waals surface area contributed by atoms with Crippen molar-refractivity contribution in [3.8, 4) is 6.07 Å². The van der Waals surface area contributed by atoms with E-state index in [1.165, 1.54) is 22.9 Å². The third-order valence-electron chi connectivity index (χ3n) is 9.62. The molecule has 10 heteroatoms. The van der Waals surface area contributed by atoms with Gasteiger partial charge in [-0.05, 0) is 48.4 Å². The minimum absolute atomic E-state index is 0.0240. The number of fused-ring (bicyclic) bond motifs is 3. The largest absolute Gasteiger partial charge is 0.370 e.